The van der Waals surface area contributed by atoms with Crippen LogP contribution in [0.25, 0.3) is 6.08 Å². The zero-order valence-electron chi connectivity index (χ0n) is 7.14. The highest BCUT2D eigenvalue weighted by molar-refractivity contribution is 6.52. The lowest BCUT2D eigenvalue weighted by Crippen LogP contribution is -2.18. The van der Waals surface area contributed by atoms with Crippen molar-refractivity contribution in [3.8, 4) is 0 Å². The van der Waals surface area contributed by atoms with Crippen molar-refractivity contribution in [3.05, 3.63) is 35.1 Å². The Kier molecular flexibility index (Phi) is 2.16. The molecule has 13 heavy (non-hydrogen) atoms. The summed E-state index contributed by atoms with van der Waals surface area (Å²) in [6.07, 6.45) is 5.03. The summed E-state index contributed by atoms with van der Waals surface area (Å²) in [5.41, 5.74) is 2.70. The van der Waals surface area contributed by atoms with E-state index in [0.717, 1.165) is 17.7 Å². The molecule has 2 N–H and O–H groups in total. The molecule has 0 radical (unpaired) electrons. The summed E-state index contributed by atoms with van der Waals surface area (Å²) in [7, 11) is -1.33. The summed E-state index contributed by atoms with van der Waals surface area (Å²) >= 11 is 0. The van der Waals surface area contributed by atoms with Crippen molar-refractivity contribution in [2.24, 2.45) is 0 Å². The summed E-state index contributed by atoms with van der Waals surface area (Å²) < 4.78 is 0. The molecule has 4 heteroatoms. The topological polar surface area (TPSA) is 53.4 Å². The second-order valence-corrected chi connectivity index (χ2v) is 3.13. The van der Waals surface area contributed by atoms with Gasteiger partial charge in [0.15, 0.2) is 0 Å². The fourth-order valence-electron chi connectivity index (χ4n) is 1.53. The Morgan fingerprint density at radius 2 is 2.15 bits per heavy atom. The molecule has 2 rings (SSSR count). The molecular weight excluding hydrogens is 165 g/mol. The summed E-state index contributed by atoms with van der Waals surface area (Å²) in [5.74, 6) is 0. The van der Waals surface area contributed by atoms with Gasteiger partial charge in [-0.25, -0.2) is 0 Å². The monoisotopic (exact) mass is 175 g/mol. The Bertz CT molecular complexity index is 349. The van der Waals surface area contributed by atoms with Gasteiger partial charge in [0.25, 0.3) is 0 Å². The molecule has 66 valence electrons. The van der Waals surface area contributed by atoms with Gasteiger partial charge in [-0.05, 0) is 29.9 Å². The summed E-state index contributed by atoms with van der Waals surface area (Å²) in [6, 6.07) is 3.78. The van der Waals surface area contributed by atoms with E-state index in [1.54, 1.807) is 12.3 Å². The van der Waals surface area contributed by atoms with E-state index in [4.69, 9.17) is 10.0 Å². The predicted molar refractivity (Wildman–Crippen MR) is 50.7 cm³/mol. The van der Waals surface area contributed by atoms with E-state index < -0.39 is 7.12 Å². The van der Waals surface area contributed by atoms with Crippen LogP contribution in [0.5, 0.6) is 0 Å². The van der Waals surface area contributed by atoms with Gasteiger partial charge in [0.2, 0.25) is 0 Å². The maximum absolute atomic E-state index is 8.97. The standard InChI is InChI=1S/C9H10BNO2/c12-10(13)8-3-4-9-7(6-8)2-1-5-11-9/h1-2,5-6,12-13H,3-4H2. The van der Waals surface area contributed by atoms with Gasteiger partial charge in [-0.15, -0.1) is 0 Å². The van der Waals surface area contributed by atoms with Gasteiger partial charge in [0.05, 0.1) is 0 Å². The van der Waals surface area contributed by atoms with Gasteiger partial charge in [0.1, 0.15) is 0 Å². The van der Waals surface area contributed by atoms with Crippen LogP contribution in [-0.2, 0) is 6.42 Å². The number of hydrogen-bond acceptors (Lipinski definition) is 3. The van der Waals surface area contributed by atoms with Crippen molar-refractivity contribution in [3.63, 3.8) is 0 Å². The lowest BCUT2D eigenvalue weighted by Gasteiger charge is -2.14. The van der Waals surface area contributed by atoms with Crippen molar-refractivity contribution in [2.75, 3.05) is 0 Å². The molecule has 1 aliphatic carbocycles. The Labute approximate surface area is 76.9 Å². The van der Waals surface area contributed by atoms with Crippen LogP contribution in [-0.4, -0.2) is 22.2 Å². The zero-order chi connectivity index (χ0) is 9.26. The van der Waals surface area contributed by atoms with E-state index in [1.165, 1.54) is 0 Å². The molecule has 0 atom stereocenters. The van der Waals surface area contributed by atoms with Gasteiger partial charge in [-0.1, -0.05) is 12.1 Å². The largest absolute Gasteiger partial charge is 0.484 e. The van der Waals surface area contributed by atoms with E-state index >= 15 is 0 Å². The molecule has 1 heterocycles. The Hall–Kier alpha value is -1.13. The first-order valence-corrected chi connectivity index (χ1v) is 4.28. The third kappa shape index (κ3) is 1.64. The lowest BCUT2D eigenvalue weighted by atomic mass is 9.73. The minimum absolute atomic E-state index is 0.667. The minimum Gasteiger partial charge on any atom is -0.423 e. The summed E-state index contributed by atoms with van der Waals surface area (Å²) in [5, 5.41) is 17.9. The van der Waals surface area contributed by atoms with E-state index in [-0.39, 0.29) is 0 Å². The third-order valence-corrected chi connectivity index (χ3v) is 2.25. The molecule has 0 aromatic carbocycles. The number of fused-ring (bicyclic) bond motifs is 1. The number of pyridine rings is 1. The second-order valence-electron chi connectivity index (χ2n) is 3.13. The molecule has 0 amide bonds. The number of rotatable bonds is 1. The first-order chi connectivity index (χ1) is 6.27. The average Bonchev–Trinajstić information content (AvgIpc) is 2.17. The van der Waals surface area contributed by atoms with Crippen LogP contribution in [0.1, 0.15) is 17.7 Å². The van der Waals surface area contributed by atoms with Gasteiger partial charge in [0, 0.05) is 11.9 Å². The molecule has 1 aromatic heterocycles. The number of aryl methyl sites for hydroxylation is 1. The normalized spacial score (nSPS) is 14.8. The van der Waals surface area contributed by atoms with Crippen molar-refractivity contribution >= 4 is 13.2 Å². The molecule has 0 fully saturated rings. The Morgan fingerprint density at radius 1 is 1.31 bits per heavy atom. The predicted octanol–water partition coefficient (Wildman–Crippen LogP) is 0.423. The van der Waals surface area contributed by atoms with Gasteiger partial charge >= 0.3 is 7.12 Å². The van der Waals surface area contributed by atoms with Crippen LogP contribution in [0.15, 0.2) is 23.8 Å². The summed E-state index contributed by atoms with van der Waals surface area (Å²) in [4.78, 5) is 4.21. The molecular formula is C9H10BNO2. The van der Waals surface area contributed by atoms with E-state index in [9.17, 15) is 0 Å². The Balaban J connectivity index is 2.38. The average molecular weight is 175 g/mol. The molecule has 0 bridgehead atoms. The molecule has 1 aromatic rings. The van der Waals surface area contributed by atoms with E-state index in [1.807, 2.05) is 12.1 Å². The molecule has 0 saturated heterocycles. The van der Waals surface area contributed by atoms with Crippen LogP contribution in [0.3, 0.4) is 0 Å². The van der Waals surface area contributed by atoms with E-state index in [2.05, 4.69) is 4.98 Å². The van der Waals surface area contributed by atoms with E-state index in [0.29, 0.717) is 11.9 Å². The first kappa shape index (κ1) is 8.47. The fourth-order valence-corrected chi connectivity index (χ4v) is 1.53. The SMILES string of the molecule is OB(O)C1=Cc2cccnc2CC1. The number of aromatic nitrogens is 1. The highest BCUT2D eigenvalue weighted by atomic mass is 16.4. The van der Waals surface area contributed by atoms with Crippen molar-refractivity contribution in [1.29, 1.82) is 0 Å². The first-order valence-electron chi connectivity index (χ1n) is 4.28. The van der Waals surface area contributed by atoms with Crippen LogP contribution in [0.2, 0.25) is 0 Å². The summed E-state index contributed by atoms with van der Waals surface area (Å²) in [6.45, 7) is 0. The number of nitrogens with zero attached hydrogens (tertiary/aromatic N) is 1. The zero-order valence-corrected chi connectivity index (χ0v) is 7.14. The van der Waals surface area contributed by atoms with Gasteiger partial charge in [-0.3, -0.25) is 4.98 Å². The lowest BCUT2D eigenvalue weighted by molar-refractivity contribution is 0.416. The number of allylic oxidation sites excluding steroid dienone is 1. The quantitative estimate of drug-likeness (QED) is 0.608. The molecule has 0 spiro atoms. The Morgan fingerprint density at radius 3 is 2.92 bits per heavy atom. The molecule has 1 aliphatic rings. The molecule has 3 nitrogen and oxygen atoms in total. The molecule has 0 saturated carbocycles. The fraction of sp³-hybridized carbons (Fsp3) is 0.222. The maximum Gasteiger partial charge on any atom is 0.484 e. The highest BCUT2D eigenvalue weighted by Crippen LogP contribution is 2.22. The van der Waals surface area contributed by atoms with Gasteiger partial charge in [-0.2, -0.15) is 0 Å². The molecule has 0 unspecified atom stereocenters. The van der Waals surface area contributed by atoms with Crippen LogP contribution in [0.4, 0.5) is 0 Å². The third-order valence-electron chi connectivity index (χ3n) is 2.25. The highest BCUT2D eigenvalue weighted by Gasteiger charge is 2.19. The van der Waals surface area contributed by atoms with Crippen molar-refractivity contribution < 1.29 is 10.0 Å². The van der Waals surface area contributed by atoms with Crippen molar-refractivity contribution in [1.82, 2.24) is 4.98 Å². The minimum atomic E-state index is -1.33. The van der Waals surface area contributed by atoms with Crippen molar-refractivity contribution in [2.45, 2.75) is 12.8 Å². The number of hydrogen-bond donors (Lipinski definition) is 2. The van der Waals surface area contributed by atoms with Gasteiger partial charge < -0.3 is 10.0 Å². The van der Waals surface area contributed by atoms with Crippen LogP contribution in [0, 0.1) is 0 Å². The molecule has 0 aliphatic heterocycles. The van der Waals surface area contributed by atoms with Crippen LogP contribution >= 0.6 is 0 Å². The second kappa shape index (κ2) is 3.32. The maximum atomic E-state index is 8.97. The smallest absolute Gasteiger partial charge is 0.423 e. The van der Waals surface area contributed by atoms with Crippen LogP contribution < -0.4 is 0 Å².